The molecule has 2 atom stereocenters. The molecule has 0 radical (unpaired) electrons. The molecule has 28 heavy (non-hydrogen) atoms. The van der Waals surface area contributed by atoms with E-state index in [1.807, 2.05) is 0 Å². The Labute approximate surface area is 163 Å². The number of carboxylic acids is 1. The zero-order valence-corrected chi connectivity index (χ0v) is 15.0. The Morgan fingerprint density at radius 3 is 2.75 bits per heavy atom. The number of nitrogens with one attached hydrogen (secondary N) is 1. The molecule has 1 aliphatic rings. The summed E-state index contributed by atoms with van der Waals surface area (Å²) < 4.78 is 5.16. The number of aromatic nitrogens is 2. The van der Waals surface area contributed by atoms with Gasteiger partial charge < -0.3 is 25.5 Å². The van der Waals surface area contributed by atoms with Crippen LogP contribution in [0.1, 0.15) is 33.7 Å². The van der Waals surface area contributed by atoms with Gasteiger partial charge in [-0.2, -0.15) is 0 Å². The summed E-state index contributed by atoms with van der Waals surface area (Å²) in [6.07, 6.45) is 5.16. The molecule has 142 valence electrons. The molecule has 0 saturated carbocycles. The van der Waals surface area contributed by atoms with Gasteiger partial charge in [0.2, 0.25) is 5.91 Å². The number of halogens is 1. The van der Waals surface area contributed by atoms with Gasteiger partial charge in [-0.3, -0.25) is 4.79 Å². The average molecular weight is 400 g/mol. The van der Waals surface area contributed by atoms with E-state index in [-0.39, 0.29) is 16.4 Å². The lowest BCUT2D eigenvalue weighted by atomic mass is 10.0. The third kappa shape index (κ3) is 2.81. The Hall–Kier alpha value is -3.59. The van der Waals surface area contributed by atoms with E-state index < -0.39 is 24.1 Å². The molecular formula is C18H14ClN5O4. The first-order valence-corrected chi connectivity index (χ1v) is 8.56. The van der Waals surface area contributed by atoms with Gasteiger partial charge in [0.25, 0.3) is 0 Å². The van der Waals surface area contributed by atoms with Gasteiger partial charge in [0, 0.05) is 23.5 Å². The molecule has 0 aromatic carbocycles. The van der Waals surface area contributed by atoms with E-state index in [1.165, 1.54) is 31.0 Å². The number of rotatable bonds is 5. The maximum absolute atomic E-state index is 12.5. The van der Waals surface area contributed by atoms with Crippen LogP contribution in [0.2, 0.25) is 5.15 Å². The number of primary amides is 1. The molecule has 1 aliphatic heterocycles. The Balaban J connectivity index is 1.96. The normalized spacial score (nSPS) is 16.3. The van der Waals surface area contributed by atoms with Crippen LogP contribution in [0.5, 0.6) is 0 Å². The molecular weight excluding hydrogens is 386 g/mol. The standard InChI is InChI=1S/C18H14ClN5O4/c19-14-10(2-1-5-21-14)12(15(20)25)24-13-11(18(26)27)3-6-22-16(13)23-17(24)9-4-7-28-8-9/h1-8,12,17H,(H2,20,25)(H,22,23)(H,26,27). The largest absolute Gasteiger partial charge is 0.478 e. The van der Waals surface area contributed by atoms with Crippen LogP contribution < -0.4 is 16.0 Å². The van der Waals surface area contributed by atoms with Crippen LogP contribution in [-0.4, -0.2) is 27.0 Å². The van der Waals surface area contributed by atoms with E-state index in [2.05, 4.69) is 15.3 Å². The fourth-order valence-corrected chi connectivity index (χ4v) is 3.54. The number of pyridine rings is 2. The van der Waals surface area contributed by atoms with Gasteiger partial charge in [0.1, 0.15) is 17.4 Å². The van der Waals surface area contributed by atoms with Crippen molar-refractivity contribution in [3.8, 4) is 0 Å². The van der Waals surface area contributed by atoms with Crippen LogP contribution in [0, 0.1) is 0 Å². The average Bonchev–Trinajstić information content (AvgIpc) is 3.31. The topological polar surface area (TPSA) is 135 Å². The van der Waals surface area contributed by atoms with Gasteiger partial charge in [0.05, 0.1) is 23.8 Å². The van der Waals surface area contributed by atoms with Crippen molar-refractivity contribution >= 4 is 35.0 Å². The van der Waals surface area contributed by atoms with Crippen molar-refractivity contribution in [2.75, 3.05) is 10.2 Å². The zero-order valence-electron chi connectivity index (χ0n) is 14.2. The molecule has 0 bridgehead atoms. The maximum atomic E-state index is 12.5. The highest BCUT2D eigenvalue weighted by molar-refractivity contribution is 6.30. The van der Waals surface area contributed by atoms with E-state index in [0.717, 1.165) is 0 Å². The van der Waals surface area contributed by atoms with Crippen LogP contribution in [0.15, 0.2) is 53.6 Å². The van der Waals surface area contributed by atoms with Crippen molar-refractivity contribution in [1.82, 2.24) is 9.97 Å². The maximum Gasteiger partial charge on any atom is 0.338 e. The minimum atomic E-state index is -1.17. The Kier molecular flexibility index (Phi) is 4.36. The second-order valence-corrected chi connectivity index (χ2v) is 6.42. The second kappa shape index (κ2) is 6.86. The van der Waals surface area contributed by atoms with Gasteiger partial charge in [0.15, 0.2) is 5.82 Å². The monoisotopic (exact) mass is 399 g/mol. The smallest absolute Gasteiger partial charge is 0.338 e. The third-order valence-electron chi connectivity index (χ3n) is 4.45. The lowest BCUT2D eigenvalue weighted by Gasteiger charge is -2.33. The predicted octanol–water partition coefficient (Wildman–Crippen LogP) is 2.58. The Morgan fingerprint density at radius 1 is 1.29 bits per heavy atom. The summed E-state index contributed by atoms with van der Waals surface area (Å²) in [5.41, 5.74) is 6.93. The quantitative estimate of drug-likeness (QED) is 0.557. The van der Waals surface area contributed by atoms with Crippen molar-refractivity contribution in [1.29, 1.82) is 0 Å². The highest BCUT2D eigenvalue weighted by Gasteiger charge is 2.42. The summed E-state index contributed by atoms with van der Waals surface area (Å²) in [5.74, 6) is -1.59. The van der Waals surface area contributed by atoms with Crippen LogP contribution in [0.25, 0.3) is 0 Å². The molecule has 0 fully saturated rings. The molecule has 3 aromatic rings. The first-order valence-electron chi connectivity index (χ1n) is 8.18. The molecule has 0 spiro atoms. The SMILES string of the molecule is NC(=O)C(c1cccnc1Cl)N1c2c(C(=O)O)ccnc2NC1c1ccoc1. The molecule has 10 heteroatoms. The number of hydrogen-bond donors (Lipinski definition) is 3. The molecule has 1 amide bonds. The number of carboxylic acid groups (broad SMARTS) is 1. The number of fused-ring (bicyclic) bond motifs is 1. The van der Waals surface area contributed by atoms with Crippen LogP contribution >= 0.6 is 11.6 Å². The fraction of sp³-hybridized carbons (Fsp3) is 0.111. The van der Waals surface area contributed by atoms with E-state index in [4.69, 9.17) is 21.8 Å². The number of nitrogens with two attached hydrogens (primary N) is 1. The number of hydrogen-bond acceptors (Lipinski definition) is 7. The number of furan rings is 1. The highest BCUT2D eigenvalue weighted by atomic mass is 35.5. The number of carbonyl (C=O) groups excluding carboxylic acids is 1. The number of amides is 1. The van der Waals surface area contributed by atoms with Gasteiger partial charge in [-0.25, -0.2) is 14.8 Å². The summed E-state index contributed by atoms with van der Waals surface area (Å²) in [4.78, 5) is 34.1. The van der Waals surface area contributed by atoms with Crippen LogP contribution in [0.4, 0.5) is 11.5 Å². The molecule has 2 unspecified atom stereocenters. The van der Waals surface area contributed by atoms with Gasteiger partial charge in [-0.1, -0.05) is 17.7 Å². The first kappa shape index (κ1) is 17.8. The van der Waals surface area contributed by atoms with E-state index in [9.17, 15) is 14.7 Å². The minimum Gasteiger partial charge on any atom is -0.478 e. The van der Waals surface area contributed by atoms with Crippen molar-refractivity contribution in [3.05, 3.63) is 71.0 Å². The van der Waals surface area contributed by atoms with E-state index in [0.29, 0.717) is 16.9 Å². The van der Waals surface area contributed by atoms with Crippen molar-refractivity contribution in [3.63, 3.8) is 0 Å². The number of aromatic carboxylic acids is 1. The molecule has 9 nitrogen and oxygen atoms in total. The number of anilines is 2. The summed E-state index contributed by atoms with van der Waals surface area (Å²) >= 11 is 6.23. The van der Waals surface area contributed by atoms with E-state index in [1.54, 1.807) is 23.1 Å². The van der Waals surface area contributed by atoms with Crippen molar-refractivity contribution in [2.45, 2.75) is 12.2 Å². The Morgan fingerprint density at radius 2 is 2.11 bits per heavy atom. The molecule has 3 aromatic heterocycles. The lowest BCUT2D eigenvalue weighted by molar-refractivity contribution is -0.119. The van der Waals surface area contributed by atoms with Gasteiger partial charge in [-0.05, 0) is 18.2 Å². The summed E-state index contributed by atoms with van der Waals surface area (Å²) in [6.45, 7) is 0. The fourth-order valence-electron chi connectivity index (χ4n) is 3.32. The third-order valence-corrected chi connectivity index (χ3v) is 4.77. The molecule has 0 saturated heterocycles. The Bertz CT molecular complexity index is 1060. The van der Waals surface area contributed by atoms with Gasteiger partial charge in [-0.15, -0.1) is 0 Å². The number of nitrogens with zero attached hydrogens (tertiary/aromatic N) is 3. The summed E-state index contributed by atoms with van der Waals surface area (Å²) in [5, 5.41) is 12.9. The molecule has 4 heterocycles. The number of carbonyl (C=O) groups is 2. The minimum absolute atomic E-state index is 0.0326. The molecule has 4 N–H and O–H groups in total. The lowest BCUT2D eigenvalue weighted by Crippen LogP contribution is -2.40. The first-order chi connectivity index (χ1) is 13.5. The van der Waals surface area contributed by atoms with Crippen LogP contribution in [0.3, 0.4) is 0 Å². The van der Waals surface area contributed by atoms with Crippen LogP contribution in [-0.2, 0) is 4.79 Å². The highest BCUT2D eigenvalue weighted by Crippen LogP contribution is 2.47. The van der Waals surface area contributed by atoms with Gasteiger partial charge >= 0.3 is 5.97 Å². The van der Waals surface area contributed by atoms with E-state index >= 15 is 0 Å². The summed E-state index contributed by atoms with van der Waals surface area (Å²) in [7, 11) is 0. The zero-order chi connectivity index (χ0) is 19.8. The van der Waals surface area contributed by atoms with Crippen molar-refractivity contribution < 1.29 is 19.1 Å². The molecule has 0 aliphatic carbocycles. The second-order valence-electron chi connectivity index (χ2n) is 6.06. The molecule has 4 rings (SSSR count). The van der Waals surface area contributed by atoms with Crippen molar-refractivity contribution in [2.24, 2.45) is 5.73 Å². The summed E-state index contributed by atoms with van der Waals surface area (Å²) in [6, 6.07) is 5.19. The predicted molar refractivity (Wildman–Crippen MR) is 99.9 cm³/mol.